The molecule has 0 aromatic heterocycles. The van der Waals surface area contributed by atoms with E-state index in [1.807, 2.05) is 0 Å². The molecule has 21 nitrogen and oxygen atoms in total. The van der Waals surface area contributed by atoms with E-state index >= 15 is 0 Å². The van der Waals surface area contributed by atoms with Gasteiger partial charge >= 0.3 is 124 Å². The van der Waals surface area contributed by atoms with Crippen molar-refractivity contribution in [2.75, 3.05) is 10.6 Å². The third-order valence-electron chi connectivity index (χ3n) is 8.37. The van der Waals surface area contributed by atoms with Gasteiger partial charge in [0.25, 0.3) is 0 Å². The topological polar surface area (TPSA) is 360 Å². The number of nitrogens with one attached hydrogen (secondary N) is 2. The van der Waals surface area contributed by atoms with Crippen molar-refractivity contribution in [3.8, 4) is 11.5 Å². The molecule has 0 fully saturated rings. The second-order valence-electron chi connectivity index (χ2n) is 12.8. The number of phenols is 2. The van der Waals surface area contributed by atoms with Crippen molar-refractivity contribution in [2.24, 2.45) is 20.5 Å². The van der Waals surface area contributed by atoms with Crippen LogP contribution in [0.4, 0.5) is 38.9 Å². The fraction of sp³-hybridized carbons (Fsp3) is 0.0571. The summed E-state index contributed by atoms with van der Waals surface area (Å²) in [4.78, 5) is 9.58. The first-order chi connectivity index (χ1) is 27.8. The molecule has 312 valence electrons. The van der Waals surface area contributed by atoms with Gasteiger partial charge < -0.3 is 39.1 Å². The van der Waals surface area contributed by atoms with Crippen LogP contribution in [0.3, 0.4) is 0 Å². The first kappa shape index (κ1) is 57.7. The van der Waals surface area contributed by atoms with Crippen LogP contribution in [-0.2, 0) is 40.5 Å². The van der Waals surface area contributed by atoms with Crippen LogP contribution in [0.15, 0.2) is 125 Å². The Morgan fingerprint density at radius 1 is 0.531 bits per heavy atom. The van der Waals surface area contributed by atoms with E-state index in [9.17, 15) is 66.9 Å². The zero-order chi connectivity index (χ0) is 44.1. The zero-order valence-corrected chi connectivity index (χ0v) is 45.5. The Bertz CT molecular complexity index is 3360. The van der Waals surface area contributed by atoms with Gasteiger partial charge in [0.05, 0.1) is 25.3 Å². The van der Waals surface area contributed by atoms with E-state index in [0.717, 1.165) is 60.7 Å². The Morgan fingerprint density at radius 2 is 1.11 bits per heavy atom. The maximum atomic E-state index is 13.0. The van der Waals surface area contributed by atoms with Gasteiger partial charge in [-0.2, -0.15) is 5.11 Å². The van der Waals surface area contributed by atoms with Crippen molar-refractivity contribution in [3.05, 3.63) is 96.1 Å². The molecule has 0 bridgehead atoms. The Labute approximate surface area is 453 Å². The molecule has 0 atom stereocenters. The molecular formula is C35H24N6Na4O15S4. The Hall–Kier alpha value is -2.45. The third-order valence-corrected chi connectivity index (χ3v) is 11.8. The standard InChI is InChI=1S/C35H28N6O15S4.4Na/c1-17-3-8-27(30(11-17)58(48,49)50)39-41-32-31(59(51,52)53)13-19-12-20(4-6-24(19)33(32)43)36-35(44)37-21-5-7-25-26(15-21)29(42)16-28(34(25)60(54,55)56)40-38-22-9-18(2)10-23(14-22)57(45,46)47;;;;/h3-16,42-43H,1-2H3,(H2,36,37,44)(H,45,46,47)(H,48,49,50)(H,51,52,53)(H,54,55,56);;;;/q;4*+1/p-4. The number of aromatic hydroxyl groups is 2. The minimum Gasteiger partial charge on any atom is -0.744 e. The van der Waals surface area contributed by atoms with Crippen molar-refractivity contribution >= 4 is 102 Å². The smallest absolute Gasteiger partial charge is 0.744 e. The molecule has 64 heavy (non-hydrogen) atoms. The molecule has 0 aliphatic rings. The molecule has 0 unspecified atom stereocenters. The van der Waals surface area contributed by atoms with Gasteiger partial charge in [0, 0.05) is 33.6 Å². The van der Waals surface area contributed by atoms with Crippen molar-refractivity contribution < 1.29 is 185 Å². The number of anilines is 2. The number of fused-ring (bicyclic) bond motifs is 2. The van der Waals surface area contributed by atoms with Crippen LogP contribution in [0.5, 0.6) is 11.5 Å². The average Bonchev–Trinajstić information content (AvgIpc) is 3.12. The number of urea groups is 1. The van der Waals surface area contributed by atoms with Crippen LogP contribution < -0.4 is 129 Å². The Kier molecular flexibility index (Phi) is 19.9. The summed E-state index contributed by atoms with van der Waals surface area (Å²) in [5.74, 6) is -1.51. The average molecular weight is 989 g/mol. The van der Waals surface area contributed by atoms with Gasteiger partial charge in [-0.3, -0.25) is 0 Å². The summed E-state index contributed by atoms with van der Waals surface area (Å²) < 4.78 is 144. The number of hydrogen-bond acceptors (Lipinski definition) is 19. The van der Waals surface area contributed by atoms with Crippen molar-refractivity contribution in [2.45, 2.75) is 33.4 Å². The van der Waals surface area contributed by atoms with Gasteiger partial charge in [0.15, 0.2) is 5.75 Å². The summed E-state index contributed by atoms with van der Waals surface area (Å²) in [6.45, 7) is 2.95. The number of carbonyl (C=O) groups excluding carboxylic acids is 1. The van der Waals surface area contributed by atoms with Gasteiger partial charge in [-0.25, -0.2) is 38.5 Å². The van der Waals surface area contributed by atoms with Crippen LogP contribution in [0.1, 0.15) is 11.1 Å². The molecule has 2 amide bonds. The molecule has 6 rings (SSSR count). The maximum absolute atomic E-state index is 13.0. The van der Waals surface area contributed by atoms with E-state index in [1.54, 1.807) is 0 Å². The van der Waals surface area contributed by atoms with E-state index in [4.69, 9.17) is 0 Å². The van der Waals surface area contributed by atoms with Gasteiger partial charge in [-0.1, -0.05) is 12.1 Å². The van der Waals surface area contributed by atoms with Crippen molar-refractivity contribution in [1.82, 2.24) is 0 Å². The Balaban J connectivity index is 0.00000352. The predicted octanol–water partition coefficient (Wildman–Crippen LogP) is -5.87. The van der Waals surface area contributed by atoms with E-state index < -0.39 is 94.6 Å². The molecular weight excluding hydrogens is 965 g/mol. The van der Waals surface area contributed by atoms with Crippen LogP contribution >= 0.6 is 0 Å². The van der Waals surface area contributed by atoms with Crippen LogP contribution in [0.25, 0.3) is 21.5 Å². The summed E-state index contributed by atoms with van der Waals surface area (Å²) in [6, 6.07) is 14.3. The number of benzene rings is 6. The molecule has 29 heteroatoms. The molecule has 6 aromatic carbocycles. The van der Waals surface area contributed by atoms with E-state index in [1.165, 1.54) is 38.1 Å². The summed E-state index contributed by atoms with van der Waals surface area (Å²) in [6.07, 6.45) is 0. The van der Waals surface area contributed by atoms with Crippen LogP contribution in [0.2, 0.25) is 0 Å². The molecule has 6 aromatic rings. The number of carbonyl (C=O) groups is 1. The quantitative estimate of drug-likeness (QED) is 0.0564. The monoisotopic (exact) mass is 988 g/mol. The molecule has 0 heterocycles. The number of hydrogen-bond donors (Lipinski definition) is 4. The van der Waals surface area contributed by atoms with E-state index in [2.05, 4.69) is 31.1 Å². The predicted molar refractivity (Wildman–Crippen MR) is 206 cm³/mol. The fourth-order valence-electron chi connectivity index (χ4n) is 5.84. The van der Waals surface area contributed by atoms with Gasteiger partial charge in [-0.05, 0) is 97.1 Å². The largest absolute Gasteiger partial charge is 1.00 e. The third kappa shape index (κ3) is 13.6. The second kappa shape index (κ2) is 22.1. The number of phenolic OH excluding ortho intramolecular Hbond substituents is 2. The van der Waals surface area contributed by atoms with Crippen LogP contribution in [-0.4, -0.2) is 68.1 Å². The fourth-order valence-corrected chi connectivity index (χ4v) is 8.58. The number of rotatable bonds is 10. The van der Waals surface area contributed by atoms with Crippen molar-refractivity contribution in [1.29, 1.82) is 0 Å². The molecule has 0 radical (unpaired) electrons. The van der Waals surface area contributed by atoms with E-state index in [0.29, 0.717) is 11.1 Å². The van der Waals surface area contributed by atoms with Crippen LogP contribution in [0, 0.1) is 13.8 Å². The normalized spacial score (nSPS) is 12.0. The minimum absolute atomic E-state index is 0. The summed E-state index contributed by atoms with van der Waals surface area (Å²) >= 11 is 0. The molecule has 0 saturated carbocycles. The first-order valence-electron chi connectivity index (χ1n) is 16.4. The SMILES string of the molecule is Cc1cc(N=Nc2cc(O)c3cc(NC(=O)Nc4ccc5c(O)c(N=Nc6ccc(C)cc6S(=O)(=O)[O-])c(S(=O)(=O)[O-])cc5c4)ccc3c2S(=O)(=O)[O-])cc(S(=O)(=O)[O-])c1.[Na+].[Na+].[Na+].[Na+]. The molecule has 0 aliphatic heterocycles. The molecule has 0 aliphatic carbocycles. The second-order valence-corrected chi connectivity index (χ2v) is 18.2. The Morgan fingerprint density at radius 3 is 1.69 bits per heavy atom. The van der Waals surface area contributed by atoms with Gasteiger partial charge in [0.1, 0.15) is 63.3 Å². The zero-order valence-electron chi connectivity index (χ0n) is 34.2. The summed E-state index contributed by atoms with van der Waals surface area (Å²) in [7, 11) is -20.7. The van der Waals surface area contributed by atoms with Gasteiger partial charge in [0.2, 0.25) is 0 Å². The van der Waals surface area contributed by atoms with E-state index in [-0.39, 0.29) is 157 Å². The number of amides is 2. The summed E-state index contributed by atoms with van der Waals surface area (Å²) in [5.41, 5.74) is -1.62. The molecule has 0 saturated heterocycles. The summed E-state index contributed by atoms with van der Waals surface area (Å²) in [5, 5.41) is 40.5. The van der Waals surface area contributed by atoms with Crippen molar-refractivity contribution in [3.63, 3.8) is 0 Å². The molecule has 0 spiro atoms. The maximum Gasteiger partial charge on any atom is 1.00 e. The minimum atomic E-state index is -5.40. The number of azo groups is 2. The van der Waals surface area contributed by atoms with Gasteiger partial charge in [-0.15, -0.1) is 15.3 Å². The first-order valence-corrected chi connectivity index (χ1v) is 22.0. The molecule has 4 N–H and O–H groups in total. The number of nitrogens with zero attached hydrogens (tertiary/aromatic N) is 4. The number of aryl methyl sites for hydroxylation is 2.